The van der Waals surface area contributed by atoms with E-state index in [4.69, 9.17) is 9.79 Å². The number of hydrogen-bond donors (Lipinski definition) is 2. The molecule has 0 spiro atoms. The van der Waals surface area contributed by atoms with Crippen LogP contribution in [0.15, 0.2) is 0 Å². The highest BCUT2D eigenvalue weighted by atomic mass is 31.2. The Morgan fingerprint density at radius 2 is 1.20 bits per heavy atom. The van der Waals surface area contributed by atoms with E-state index in [2.05, 4.69) is 6.92 Å². The minimum absolute atomic E-state index is 0.0501. The van der Waals surface area contributed by atoms with Gasteiger partial charge in [-0.1, -0.05) is 58.3 Å². The maximum atomic E-state index is 10.5. The SMILES string of the molecule is [CH2]CCCCCCCCCCP(=O)(O)O. The van der Waals surface area contributed by atoms with E-state index < -0.39 is 7.60 Å². The summed E-state index contributed by atoms with van der Waals surface area (Å²) >= 11 is 0. The molecule has 0 amide bonds. The van der Waals surface area contributed by atoms with Crippen LogP contribution in [0.25, 0.3) is 0 Å². The molecule has 0 rings (SSSR count). The van der Waals surface area contributed by atoms with E-state index in [1.807, 2.05) is 0 Å². The molecule has 0 bridgehead atoms. The topological polar surface area (TPSA) is 57.5 Å². The molecule has 0 fully saturated rings. The fourth-order valence-electron chi connectivity index (χ4n) is 1.56. The third kappa shape index (κ3) is 14.2. The maximum Gasteiger partial charge on any atom is 0.325 e. The summed E-state index contributed by atoms with van der Waals surface area (Å²) in [5.41, 5.74) is 0. The predicted molar refractivity (Wildman–Crippen MR) is 63.8 cm³/mol. The monoisotopic (exact) mass is 235 g/mol. The molecule has 0 saturated carbocycles. The molecule has 91 valence electrons. The first-order valence-corrected chi connectivity index (χ1v) is 7.70. The van der Waals surface area contributed by atoms with Crippen molar-refractivity contribution in [3.05, 3.63) is 6.92 Å². The highest BCUT2D eigenvalue weighted by molar-refractivity contribution is 7.51. The Morgan fingerprint density at radius 1 is 0.800 bits per heavy atom. The molecule has 1 radical (unpaired) electrons. The van der Waals surface area contributed by atoms with Gasteiger partial charge in [0.05, 0.1) is 0 Å². The lowest BCUT2D eigenvalue weighted by Crippen LogP contribution is -1.88. The zero-order chi connectivity index (χ0) is 11.6. The Hall–Kier alpha value is 0.150. The highest BCUT2D eigenvalue weighted by Gasteiger charge is 2.10. The Kier molecular flexibility index (Phi) is 9.48. The molecule has 0 saturated heterocycles. The van der Waals surface area contributed by atoms with Crippen molar-refractivity contribution in [3.63, 3.8) is 0 Å². The Morgan fingerprint density at radius 3 is 1.60 bits per heavy atom. The quantitative estimate of drug-likeness (QED) is 0.450. The molecule has 4 heteroatoms. The van der Waals surface area contributed by atoms with Gasteiger partial charge in [-0.05, 0) is 6.42 Å². The van der Waals surface area contributed by atoms with Crippen molar-refractivity contribution in [3.8, 4) is 0 Å². The smallest absolute Gasteiger partial charge is 0.324 e. The van der Waals surface area contributed by atoms with Crippen molar-refractivity contribution in [1.29, 1.82) is 0 Å². The molecule has 0 aliphatic rings. The molecular weight excluding hydrogens is 211 g/mol. The third-order valence-corrected chi connectivity index (χ3v) is 3.35. The van der Waals surface area contributed by atoms with Crippen LogP contribution in [0.4, 0.5) is 0 Å². The first kappa shape index (κ1) is 15.2. The lowest BCUT2D eigenvalue weighted by molar-refractivity contribution is 0.370. The Bertz CT molecular complexity index is 177. The molecule has 3 nitrogen and oxygen atoms in total. The van der Waals surface area contributed by atoms with Gasteiger partial charge in [0.25, 0.3) is 0 Å². The molecule has 0 aromatic heterocycles. The van der Waals surface area contributed by atoms with Crippen LogP contribution >= 0.6 is 7.60 Å². The number of unbranched alkanes of at least 4 members (excludes halogenated alkanes) is 8. The molecule has 0 atom stereocenters. The van der Waals surface area contributed by atoms with Crippen LogP contribution in [0.1, 0.15) is 57.8 Å². The van der Waals surface area contributed by atoms with Crippen LogP contribution in [0.3, 0.4) is 0 Å². The molecule has 0 aromatic carbocycles. The van der Waals surface area contributed by atoms with Gasteiger partial charge in [-0.25, -0.2) is 0 Å². The van der Waals surface area contributed by atoms with E-state index in [9.17, 15) is 4.57 Å². The Labute approximate surface area is 93.4 Å². The van der Waals surface area contributed by atoms with Gasteiger partial charge in [0.15, 0.2) is 0 Å². The molecule has 0 unspecified atom stereocenters. The molecule has 0 aliphatic heterocycles. The van der Waals surface area contributed by atoms with E-state index in [1.54, 1.807) is 0 Å². The second kappa shape index (κ2) is 9.38. The number of hydrogen-bond acceptors (Lipinski definition) is 1. The fraction of sp³-hybridized carbons (Fsp3) is 0.909. The van der Waals surface area contributed by atoms with Crippen molar-refractivity contribution < 1.29 is 14.4 Å². The summed E-state index contributed by atoms with van der Waals surface area (Å²) in [4.78, 5) is 17.2. The van der Waals surface area contributed by atoms with Crippen molar-refractivity contribution in [2.75, 3.05) is 6.16 Å². The van der Waals surface area contributed by atoms with Crippen LogP contribution in [-0.4, -0.2) is 15.9 Å². The van der Waals surface area contributed by atoms with Crippen molar-refractivity contribution in [1.82, 2.24) is 0 Å². The maximum absolute atomic E-state index is 10.5. The van der Waals surface area contributed by atoms with Gasteiger partial charge in [-0.3, -0.25) is 4.57 Å². The third-order valence-electron chi connectivity index (χ3n) is 2.45. The molecule has 2 N–H and O–H groups in total. The van der Waals surface area contributed by atoms with Gasteiger partial charge < -0.3 is 9.79 Å². The van der Waals surface area contributed by atoms with Crippen LogP contribution in [0, 0.1) is 6.92 Å². The average Bonchev–Trinajstić information content (AvgIpc) is 2.14. The Balaban J connectivity index is 3.02. The summed E-state index contributed by atoms with van der Waals surface area (Å²) < 4.78 is 10.5. The molecule has 15 heavy (non-hydrogen) atoms. The van der Waals surface area contributed by atoms with Gasteiger partial charge >= 0.3 is 7.60 Å². The van der Waals surface area contributed by atoms with Crippen LogP contribution < -0.4 is 0 Å². The first-order chi connectivity index (χ1) is 7.06. The van der Waals surface area contributed by atoms with E-state index in [0.717, 1.165) is 19.3 Å². The zero-order valence-electron chi connectivity index (χ0n) is 9.53. The summed E-state index contributed by atoms with van der Waals surface area (Å²) in [6.07, 6.45) is 9.98. The van der Waals surface area contributed by atoms with Gasteiger partial charge in [-0.2, -0.15) is 0 Å². The van der Waals surface area contributed by atoms with E-state index >= 15 is 0 Å². The van der Waals surface area contributed by atoms with Crippen LogP contribution in [0.2, 0.25) is 0 Å². The van der Waals surface area contributed by atoms with Crippen LogP contribution in [-0.2, 0) is 4.57 Å². The zero-order valence-corrected chi connectivity index (χ0v) is 10.4. The second-order valence-corrected chi connectivity index (χ2v) is 5.85. The fourth-order valence-corrected chi connectivity index (χ4v) is 2.19. The number of rotatable bonds is 10. The summed E-state index contributed by atoms with van der Waals surface area (Å²) in [5.74, 6) is 0. The average molecular weight is 235 g/mol. The second-order valence-electron chi connectivity index (χ2n) is 4.07. The summed E-state index contributed by atoms with van der Waals surface area (Å²) in [7, 11) is -3.74. The lowest BCUT2D eigenvalue weighted by atomic mass is 10.1. The van der Waals surface area contributed by atoms with Crippen molar-refractivity contribution in [2.45, 2.75) is 57.8 Å². The largest absolute Gasteiger partial charge is 0.325 e. The van der Waals surface area contributed by atoms with Gasteiger partial charge in [-0.15, -0.1) is 0 Å². The van der Waals surface area contributed by atoms with Crippen molar-refractivity contribution in [2.24, 2.45) is 0 Å². The summed E-state index contributed by atoms with van der Waals surface area (Å²) in [5, 5.41) is 0. The van der Waals surface area contributed by atoms with E-state index in [-0.39, 0.29) is 6.16 Å². The molecular formula is C11H24O3P. The minimum atomic E-state index is -3.74. The summed E-state index contributed by atoms with van der Waals surface area (Å²) in [6.45, 7) is 3.79. The molecule has 0 heterocycles. The van der Waals surface area contributed by atoms with Crippen molar-refractivity contribution >= 4 is 7.60 Å². The van der Waals surface area contributed by atoms with E-state index in [1.165, 1.54) is 32.1 Å². The normalized spacial score (nSPS) is 11.9. The van der Waals surface area contributed by atoms with Gasteiger partial charge in [0.1, 0.15) is 0 Å². The molecule has 0 aliphatic carbocycles. The van der Waals surface area contributed by atoms with E-state index in [0.29, 0.717) is 6.42 Å². The van der Waals surface area contributed by atoms with Gasteiger partial charge in [0.2, 0.25) is 0 Å². The summed E-state index contributed by atoms with van der Waals surface area (Å²) in [6, 6.07) is 0. The minimum Gasteiger partial charge on any atom is -0.324 e. The van der Waals surface area contributed by atoms with Gasteiger partial charge in [0, 0.05) is 6.16 Å². The lowest BCUT2D eigenvalue weighted by Gasteiger charge is -2.03. The first-order valence-electron chi connectivity index (χ1n) is 5.90. The predicted octanol–water partition coefficient (Wildman–Crippen LogP) is 3.51. The standard InChI is InChI=1S/C11H24O3P/c1-2-3-4-5-6-7-8-9-10-11-15(12,13)14/h1-11H2,(H2,12,13,14). The van der Waals surface area contributed by atoms with Crippen LogP contribution in [0.5, 0.6) is 0 Å². The highest BCUT2D eigenvalue weighted by Crippen LogP contribution is 2.35. The molecule has 0 aromatic rings.